The Hall–Kier alpha value is -2.55. The maximum Gasteiger partial charge on any atom is 0.251 e. The summed E-state index contributed by atoms with van der Waals surface area (Å²) in [6.07, 6.45) is 0. The molecule has 0 aliphatic rings. The lowest BCUT2D eigenvalue weighted by atomic mass is 9.85. The van der Waals surface area contributed by atoms with Gasteiger partial charge >= 0.3 is 0 Å². The molecular formula is C23H28N2O. The molecule has 0 spiro atoms. The van der Waals surface area contributed by atoms with Crippen LogP contribution < -0.4 is 5.32 Å². The molecule has 136 valence electrons. The zero-order valence-electron chi connectivity index (χ0n) is 16.6. The molecule has 1 heterocycles. The van der Waals surface area contributed by atoms with Gasteiger partial charge in [0.05, 0.1) is 6.04 Å². The number of aryl methyl sites for hydroxylation is 2. The second kappa shape index (κ2) is 6.64. The van der Waals surface area contributed by atoms with E-state index in [0.29, 0.717) is 5.56 Å². The van der Waals surface area contributed by atoms with Crippen LogP contribution in [-0.2, 0) is 12.5 Å². The first-order valence-corrected chi connectivity index (χ1v) is 9.14. The highest BCUT2D eigenvalue weighted by Crippen LogP contribution is 2.25. The van der Waals surface area contributed by atoms with Crippen LogP contribution in [0.15, 0.2) is 48.5 Å². The van der Waals surface area contributed by atoms with Gasteiger partial charge in [0.2, 0.25) is 0 Å². The molecule has 0 radical (unpaired) electrons. The standard InChI is InChI=1S/C23H28N2O/c1-15-12-18-10-11-19(14-21(18)25(15)6)22(26)24-16(2)17-8-7-9-20(13-17)23(3,4)5/h7-14,16H,1-6H3,(H,24,26)/t16-/m0/s1. The average molecular weight is 348 g/mol. The van der Waals surface area contributed by atoms with Gasteiger partial charge in [0.15, 0.2) is 0 Å². The van der Waals surface area contributed by atoms with Crippen LogP contribution in [0.4, 0.5) is 0 Å². The van der Waals surface area contributed by atoms with E-state index in [1.807, 2.05) is 32.2 Å². The van der Waals surface area contributed by atoms with Gasteiger partial charge in [-0.15, -0.1) is 0 Å². The van der Waals surface area contributed by atoms with Crippen molar-refractivity contribution in [1.29, 1.82) is 0 Å². The molecule has 1 N–H and O–H groups in total. The lowest BCUT2D eigenvalue weighted by Crippen LogP contribution is -2.27. The number of hydrogen-bond donors (Lipinski definition) is 1. The fraction of sp³-hybridized carbons (Fsp3) is 0.348. The Morgan fingerprint density at radius 2 is 1.81 bits per heavy atom. The van der Waals surface area contributed by atoms with Crippen LogP contribution in [0, 0.1) is 6.92 Å². The minimum atomic E-state index is -0.0457. The molecule has 3 rings (SSSR count). The molecular weight excluding hydrogens is 320 g/mol. The van der Waals surface area contributed by atoms with E-state index < -0.39 is 0 Å². The Bertz CT molecular complexity index is 960. The first-order chi connectivity index (χ1) is 12.2. The van der Waals surface area contributed by atoms with Gasteiger partial charge in [-0.05, 0) is 54.0 Å². The van der Waals surface area contributed by atoms with Crippen molar-refractivity contribution in [1.82, 2.24) is 9.88 Å². The summed E-state index contributed by atoms with van der Waals surface area (Å²) in [6, 6.07) is 16.4. The van der Waals surface area contributed by atoms with E-state index >= 15 is 0 Å². The van der Waals surface area contributed by atoms with E-state index in [1.54, 1.807) is 0 Å². The van der Waals surface area contributed by atoms with Crippen molar-refractivity contribution in [3.8, 4) is 0 Å². The maximum absolute atomic E-state index is 12.8. The minimum absolute atomic E-state index is 0.0422. The summed E-state index contributed by atoms with van der Waals surface area (Å²) >= 11 is 0. The van der Waals surface area contributed by atoms with Crippen molar-refractivity contribution < 1.29 is 4.79 Å². The van der Waals surface area contributed by atoms with Gasteiger partial charge in [-0.25, -0.2) is 0 Å². The van der Waals surface area contributed by atoms with Gasteiger partial charge in [-0.2, -0.15) is 0 Å². The SMILES string of the molecule is Cc1cc2ccc(C(=O)N[C@@H](C)c3cccc(C(C)(C)C)c3)cc2n1C. The molecule has 1 atom stereocenters. The number of carbonyl (C=O) groups is 1. The van der Waals surface area contributed by atoms with Crippen molar-refractivity contribution >= 4 is 16.8 Å². The summed E-state index contributed by atoms with van der Waals surface area (Å²) in [5.74, 6) is -0.0422. The number of fused-ring (bicyclic) bond motifs is 1. The molecule has 3 aromatic rings. The number of nitrogens with zero attached hydrogens (tertiary/aromatic N) is 1. The predicted octanol–water partition coefficient (Wildman–Crippen LogP) is 5.28. The van der Waals surface area contributed by atoms with Crippen LogP contribution in [0.1, 0.15) is 60.9 Å². The normalized spacial score (nSPS) is 13.0. The maximum atomic E-state index is 12.8. The van der Waals surface area contributed by atoms with Gasteiger partial charge in [0.1, 0.15) is 0 Å². The lowest BCUT2D eigenvalue weighted by Gasteiger charge is -2.22. The third-order valence-corrected chi connectivity index (χ3v) is 5.15. The monoisotopic (exact) mass is 348 g/mol. The number of amides is 1. The fourth-order valence-corrected chi connectivity index (χ4v) is 3.25. The zero-order valence-corrected chi connectivity index (χ0v) is 16.6. The van der Waals surface area contributed by atoms with E-state index in [1.165, 1.54) is 11.3 Å². The molecule has 0 bridgehead atoms. The number of nitrogens with one attached hydrogen (secondary N) is 1. The number of hydrogen-bond acceptors (Lipinski definition) is 1. The first kappa shape index (κ1) is 18.2. The van der Waals surface area contributed by atoms with Gasteiger partial charge in [0, 0.05) is 23.8 Å². The van der Waals surface area contributed by atoms with Gasteiger partial charge in [0.25, 0.3) is 5.91 Å². The summed E-state index contributed by atoms with van der Waals surface area (Å²) in [4.78, 5) is 12.8. The van der Waals surface area contributed by atoms with Crippen molar-refractivity contribution in [2.24, 2.45) is 7.05 Å². The van der Waals surface area contributed by atoms with Crippen LogP contribution in [-0.4, -0.2) is 10.5 Å². The topological polar surface area (TPSA) is 34.0 Å². The molecule has 0 saturated heterocycles. The Balaban J connectivity index is 1.82. The number of carbonyl (C=O) groups excluding carboxylic acids is 1. The zero-order chi connectivity index (χ0) is 19.1. The fourth-order valence-electron chi connectivity index (χ4n) is 3.25. The second-order valence-corrected chi connectivity index (χ2v) is 8.19. The van der Waals surface area contributed by atoms with Crippen LogP contribution in [0.5, 0.6) is 0 Å². The van der Waals surface area contributed by atoms with Gasteiger partial charge < -0.3 is 9.88 Å². The number of aromatic nitrogens is 1. The van der Waals surface area contributed by atoms with Crippen LogP contribution >= 0.6 is 0 Å². The van der Waals surface area contributed by atoms with E-state index in [-0.39, 0.29) is 17.4 Å². The highest BCUT2D eigenvalue weighted by Gasteiger charge is 2.17. The molecule has 0 aliphatic carbocycles. The Morgan fingerprint density at radius 3 is 2.50 bits per heavy atom. The van der Waals surface area contributed by atoms with Crippen LogP contribution in [0.2, 0.25) is 0 Å². The van der Waals surface area contributed by atoms with E-state index in [2.05, 4.69) is 67.9 Å². The molecule has 0 fully saturated rings. The third-order valence-electron chi connectivity index (χ3n) is 5.15. The predicted molar refractivity (Wildman–Crippen MR) is 109 cm³/mol. The minimum Gasteiger partial charge on any atom is -0.348 e. The number of rotatable bonds is 3. The summed E-state index contributed by atoms with van der Waals surface area (Å²) in [5, 5.41) is 4.29. The molecule has 1 aromatic heterocycles. The van der Waals surface area contributed by atoms with Crippen molar-refractivity contribution in [3.63, 3.8) is 0 Å². The molecule has 0 saturated carbocycles. The molecule has 3 heteroatoms. The van der Waals surface area contributed by atoms with Gasteiger partial charge in [-0.3, -0.25) is 4.79 Å². The quantitative estimate of drug-likeness (QED) is 0.687. The highest BCUT2D eigenvalue weighted by atomic mass is 16.1. The summed E-state index contributed by atoms with van der Waals surface area (Å²) in [7, 11) is 2.03. The summed E-state index contributed by atoms with van der Waals surface area (Å²) < 4.78 is 2.11. The van der Waals surface area contributed by atoms with Crippen molar-refractivity contribution in [2.75, 3.05) is 0 Å². The van der Waals surface area contributed by atoms with E-state index in [9.17, 15) is 4.79 Å². The second-order valence-electron chi connectivity index (χ2n) is 8.19. The largest absolute Gasteiger partial charge is 0.348 e. The summed E-state index contributed by atoms with van der Waals surface area (Å²) in [6.45, 7) is 10.7. The summed E-state index contributed by atoms with van der Waals surface area (Å²) in [5.41, 5.74) is 5.45. The molecule has 0 unspecified atom stereocenters. The molecule has 26 heavy (non-hydrogen) atoms. The van der Waals surface area contributed by atoms with Gasteiger partial charge in [-0.1, -0.05) is 51.1 Å². The smallest absolute Gasteiger partial charge is 0.251 e. The highest BCUT2D eigenvalue weighted by molar-refractivity contribution is 5.98. The molecule has 1 amide bonds. The Morgan fingerprint density at radius 1 is 1.08 bits per heavy atom. The van der Waals surface area contributed by atoms with Crippen LogP contribution in [0.25, 0.3) is 10.9 Å². The lowest BCUT2D eigenvalue weighted by molar-refractivity contribution is 0.0940. The molecule has 2 aromatic carbocycles. The number of benzene rings is 2. The van der Waals surface area contributed by atoms with Crippen LogP contribution in [0.3, 0.4) is 0 Å². The first-order valence-electron chi connectivity index (χ1n) is 9.14. The Labute approximate surface area is 156 Å². The average Bonchev–Trinajstić information content (AvgIpc) is 2.88. The van der Waals surface area contributed by atoms with Crippen molar-refractivity contribution in [2.45, 2.75) is 46.1 Å². The third kappa shape index (κ3) is 3.52. The van der Waals surface area contributed by atoms with E-state index in [0.717, 1.165) is 16.5 Å². The molecule has 3 nitrogen and oxygen atoms in total. The van der Waals surface area contributed by atoms with E-state index in [4.69, 9.17) is 0 Å². The molecule has 0 aliphatic heterocycles. The van der Waals surface area contributed by atoms with Crippen molar-refractivity contribution in [3.05, 3.63) is 70.9 Å². The Kier molecular flexibility index (Phi) is 4.66.